The van der Waals surface area contributed by atoms with Crippen LogP contribution in [0.1, 0.15) is 51.0 Å². The first-order chi connectivity index (χ1) is 9.65. The van der Waals surface area contributed by atoms with Crippen LogP contribution in [0.5, 0.6) is 0 Å². The topological polar surface area (TPSA) is 12.0 Å². The van der Waals surface area contributed by atoms with Crippen molar-refractivity contribution in [2.45, 2.75) is 51.9 Å². The van der Waals surface area contributed by atoms with E-state index in [4.69, 9.17) is 11.6 Å². The summed E-state index contributed by atoms with van der Waals surface area (Å²) in [6, 6.07) is 4.82. The second kappa shape index (κ2) is 7.42. The van der Waals surface area contributed by atoms with E-state index in [0.29, 0.717) is 10.4 Å². The SMILES string of the molecule is CCCNCC1(Cc2ccc(F)cc2Cl)CCCCC1. The summed E-state index contributed by atoms with van der Waals surface area (Å²) in [6.45, 7) is 4.31. The zero-order valence-electron chi connectivity index (χ0n) is 12.4. The average Bonchev–Trinajstić information content (AvgIpc) is 2.44. The molecule has 0 radical (unpaired) electrons. The Morgan fingerprint density at radius 3 is 2.65 bits per heavy atom. The minimum absolute atomic E-state index is 0.249. The molecular weight excluding hydrogens is 273 g/mol. The van der Waals surface area contributed by atoms with Gasteiger partial charge in [0.15, 0.2) is 0 Å². The highest BCUT2D eigenvalue weighted by Gasteiger charge is 2.32. The number of nitrogens with one attached hydrogen (secondary N) is 1. The van der Waals surface area contributed by atoms with Gasteiger partial charge in [-0.25, -0.2) is 4.39 Å². The summed E-state index contributed by atoms with van der Waals surface area (Å²) in [5.74, 6) is -0.249. The molecule has 20 heavy (non-hydrogen) atoms. The molecule has 1 fully saturated rings. The molecular formula is C17H25ClFN. The molecule has 0 heterocycles. The van der Waals surface area contributed by atoms with Crippen molar-refractivity contribution in [3.8, 4) is 0 Å². The smallest absolute Gasteiger partial charge is 0.124 e. The van der Waals surface area contributed by atoms with Gasteiger partial charge < -0.3 is 5.32 Å². The molecule has 0 saturated heterocycles. The molecule has 3 heteroatoms. The zero-order valence-corrected chi connectivity index (χ0v) is 13.1. The third-order valence-electron chi connectivity index (χ3n) is 4.42. The maximum atomic E-state index is 13.2. The van der Waals surface area contributed by atoms with Crippen LogP contribution in [-0.4, -0.2) is 13.1 Å². The third-order valence-corrected chi connectivity index (χ3v) is 4.77. The molecule has 1 N–H and O–H groups in total. The molecule has 0 aromatic heterocycles. The molecule has 2 rings (SSSR count). The van der Waals surface area contributed by atoms with Gasteiger partial charge in [0.05, 0.1) is 0 Å². The number of hydrogen-bond acceptors (Lipinski definition) is 1. The molecule has 0 bridgehead atoms. The molecule has 1 aromatic rings. The van der Waals surface area contributed by atoms with Crippen LogP contribution < -0.4 is 5.32 Å². The summed E-state index contributed by atoms with van der Waals surface area (Å²) < 4.78 is 13.2. The van der Waals surface area contributed by atoms with Crippen LogP contribution >= 0.6 is 11.6 Å². The Morgan fingerprint density at radius 1 is 1.25 bits per heavy atom. The Morgan fingerprint density at radius 2 is 2.00 bits per heavy atom. The summed E-state index contributed by atoms with van der Waals surface area (Å²) in [7, 11) is 0. The van der Waals surface area contributed by atoms with Gasteiger partial charge in [0.2, 0.25) is 0 Å². The van der Waals surface area contributed by atoms with Crippen LogP contribution in [0.3, 0.4) is 0 Å². The molecule has 112 valence electrons. The van der Waals surface area contributed by atoms with E-state index in [1.807, 2.05) is 6.07 Å². The highest BCUT2D eigenvalue weighted by Crippen LogP contribution is 2.40. The molecule has 1 nitrogen and oxygen atoms in total. The highest BCUT2D eigenvalue weighted by molar-refractivity contribution is 6.31. The summed E-state index contributed by atoms with van der Waals surface area (Å²) in [5, 5.41) is 4.15. The van der Waals surface area contributed by atoms with E-state index in [0.717, 1.165) is 31.5 Å². The molecule has 1 saturated carbocycles. The standard InChI is InChI=1S/C17H25ClFN/c1-2-10-20-13-17(8-4-3-5-9-17)12-14-6-7-15(19)11-16(14)18/h6-7,11,20H,2-5,8-10,12-13H2,1H3. The Balaban J connectivity index is 2.10. The van der Waals surface area contributed by atoms with Crippen LogP contribution in [0, 0.1) is 11.2 Å². The van der Waals surface area contributed by atoms with Gasteiger partial charge in [-0.3, -0.25) is 0 Å². The summed E-state index contributed by atoms with van der Waals surface area (Å²) in [4.78, 5) is 0. The first-order valence-electron chi connectivity index (χ1n) is 7.80. The summed E-state index contributed by atoms with van der Waals surface area (Å²) in [5.41, 5.74) is 1.39. The molecule has 0 aliphatic heterocycles. The van der Waals surface area contributed by atoms with Gasteiger partial charge in [0.1, 0.15) is 5.82 Å². The van der Waals surface area contributed by atoms with Gasteiger partial charge >= 0.3 is 0 Å². The largest absolute Gasteiger partial charge is 0.316 e. The molecule has 1 aliphatic rings. The van der Waals surface area contributed by atoms with Crippen LogP contribution in [0.25, 0.3) is 0 Å². The van der Waals surface area contributed by atoms with Crippen LogP contribution in [-0.2, 0) is 6.42 Å². The van der Waals surface area contributed by atoms with E-state index >= 15 is 0 Å². The fourth-order valence-corrected chi connectivity index (χ4v) is 3.55. The monoisotopic (exact) mass is 297 g/mol. The van der Waals surface area contributed by atoms with E-state index in [1.165, 1.54) is 44.2 Å². The van der Waals surface area contributed by atoms with Gasteiger partial charge in [-0.2, -0.15) is 0 Å². The summed E-state index contributed by atoms with van der Waals surface area (Å²) >= 11 is 6.21. The van der Waals surface area contributed by atoms with E-state index in [-0.39, 0.29) is 5.82 Å². The molecule has 0 atom stereocenters. The number of benzene rings is 1. The first kappa shape index (κ1) is 15.8. The number of hydrogen-bond donors (Lipinski definition) is 1. The number of rotatable bonds is 6. The first-order valence-corrected chi connectivity index (χ1v) is 8.18. The van der Waals surface area contributed by atoms with Gasteiger partial charge in [0, 0.05) is 11.6 Å². The minimum Gasteiger partial charge on any atom is -0.316 e. The minimum atomic E-state index is -0.249. The Bertz CT molecular complexity index is 427. The van der Waals surface area contributed by atoms with Crippen molar-refractivity contribution in [1.82, 2.24) is 5.32 Å². The summed E-state index contributed by atoms with van der Waals surface area (Å²) in [6.07, 6.45) is 8.55. The fourth-order valence-electron chi connectivity index (χ4n) is 3.32. The van der Waals surface area contributed by atoms with Gasteiger partial charge in [-0.1, -0.05) is 43.9 Å². The van der Waals surface area contributed by atoms with Crippen LogP contribution in [0.2, 0.25) is 5.02 Å². The normalized spacial score (nSPS) is 18.1. The average molecular weight is 298 g/mol. The second-order valence-corrected chi connectivity index (χ2v) is 6.56. The fraction of sp³-hybridized carbons (Fsp3) is 0.647. The van der Waals surface area contributed by atoms with Crippen molar-refractivity contribution in [3.63, 3.8) is 0 Å². The molecule has 1 aromatic carbocycles. The van der Waals surface area contributed by atoms with E-state index in [1.54, 1.807) is 0 Å². The van der Waals surface area contributed by atoms with Crippen LogP contribution in [0.4, 0.5) is 4.39 Å². The molecule has 1 aliphatic carbocycles. The van der Waals surface area contributed by atoms with E-state index in [9.17, 15) is 4.39 Å². The number of halogens is 2. The van der Waals surface area contributed by atoms with Crippen molar-refractivity contribution < 1.29 is 4.39 Å². The Kier molecular flexibility index (Phi) is 5.86. The van der Waals surface area contributed by atoms with Crippen molar-refractivity contribution in [2.24, 2.45) is 5.41 Å². The Hall–Kier alpha value is -0.600. The lowest BCUT2D eigenvalue weighted by molar-refractivity contribution is 0.181. The predicted molar refractivity (Wildman–Crippen MR) is 83.8 cm³/mol. The molecule has 0 unspecified atom stereocenters. The lowest BCUT2D eigenvalue weighted by atomic mass is 9.70. The van der Waals surface area contributed by atoms with Gasteiger partial charge in [-0.05, 0) is 55.3 Å². The molecule has 0 amide bonds. The van der Waals surface area contributed by atoms with Crippen molar-refractivity contribution in [2.75, 3.05) is 13.1 Å². The lowest BCUT2D eigenvalue weighted by Crippen LogP contribution is -2.38. The highest BCUT2D eigenvalue weighted by atomic mass is 35.5. The van der Waals surface area contributed by atoms with Crippen LogP contribution in [0.15, 0.2) is 18.2 Å². The van der Waals surface area contributed by atoms with Crippen molar-refractivity contribution in [1.29, 1.82) is 0 Å². The van der Waals surface area contributed by atoms with Crippen molar-refractivity contribution >= 4 is 11.6 Å². The second-order valence-electron chi connectivity index (χ2n) is 6.15. The van der Waals surface area contributed by atoms with E-state index in [2.05, 4.69) is 12.2 Å². The lowest BCUT2D eigenvalue weighted by Gasteiger charge is -2.38. The third kappa shape index (κ3) is 4.20. The maximum Gasteiger partial charge on any atom is 0.124 e. The van der Waals surface area contributed by atoms with Gasteiger partial charge in [0.25, 0.3) is 0 Å². The van der Waals surface area contributed by atoms with Gasteiger partial charge in [-0.15, -0.1) is 0 Å². The Labute approximate surface area is 126 Å². The predicted octanol–water partition coefficient (Wildman–Crippen LogP) is 4.97. The maximum absolute atomic E-state index is 13.2. The quantitative estimate of drug-likeness (QED) is 0.731. The molecule has 0 spiro atoms. The van der Waals surface area contributed by atoms with Crippen molar-refractivity contribution in [3.05, 3.63) is 34.6 Å². The van der Waals surface area contributed by atoms with E-state index < -0.39 is 0 Å². The zero-order chi connectivity index (χ0) is 14.4.